The molecule has 3 nitrogen and oxygen atoms in total. The van der Waals surface area contributed by atoms with Gasteiger partial charge in [0.2, 0.25) is 0 Å². The van der Waals surface area contributed by atoms with Crippen LogP contribution in [0.25, 0.3) is 10.9 Å². The Kier molecular flexibility index (Phi) is 2.25. The Bertz CT molecular complexity index is 518. The fourth-order valence-electron chi connectivity index (χ4n) is 1.08. The maximum atomic E-state index is 11.4. The number of fused-ring (bicyclic) bond motifs is 1. The zero-order valence-electron chi connectivity index (χ0n) is 6.34. The van der Waals surface area contributed by atoms with Gasteiger partial charge >= 0.3 is 0 Å². The molecule has 0 bridgehead atoms. The first-order valence-corrected chi connectivity index (χ1v) is 4.97. The molecule has 0 saturated carbocycles. The Morgan fingerprint density at radius 3 is 3.00 bits per heavy atom. The summed E-state index contributed by atoms with van der Waals surface area (Å²) in [4.78, 5) is 18.1. The van der Waals surface area contributed by atoms with Gasteiger partial charge in [0, 0.05) is 5.02 Å². The second-order valence-electron chi connectivity index (χ2n) is 2.52. The van der Waals surface area contributed by atoms with Crippen LogP contribution < -0.4 is 5.56 Å². The van der Waals surface area contributed by atoms with Crippen LogP contribution in [0.15, 0.2) is 23.0 Å². The monoisotopic (exact) mass is 306 g/mol. The van der Waals surface area contributed by atoms with Gasteiger partial charge < -0.3 is 4.98 Å². The molecule has 0 amide bonds. The van der Waals surface area contributed by atoms with Crippen molar-refractivity contribution in [2.75, 3.05) is 0 Å². The summed E-state index contributed by atoms with van der Waals surface area (Å²) >= 11 is 7.72. The molecule has 0 saturated heterocycles. The molecule has 2 rings (SSSR count). The molecule has 0 spiro atoms. The van der Waals surface area contributed by atoms with Crippen LogP contribution >= 0.6 is 34.2 Å². The van der Waals surface area contributed by atoms with Crippen molar-refractivity contribution in [1.82, 2.24) is 9.97 Å². The number of aromatic nitrogens is 2. The average Bonchev–Trinajstić information content (AvgIpc) is 2.02. The normalized spacial score (nSPS) is 10.6. The summed E-state index contributed by atoms with van der Waals surface area (Å²) in [5, 5.41) is 1.14. The number of halogens is 2. The largest absolute Gasteiger partial charge is 0.301 e. The van der Waals surface area contributed by atoms with Crippen LogP contribution in [0.2, 0.25) is 5.02 Å². The van der Waals surface area contributed by atoms with E-state index in [1.165, 1.54) is 0 Å². The maximum Gasteiger partial charge on any atom is 0.259 e. The minimum Gasteiger partial charge on any atom is -0.301 e. The van der Waals surface area contributed by atoms with E-state index in [0.717, 1.165) is 0 Å². The van der Waals surface area contributed by atoms with Crippen LogP contribution in [0, 0.1) is 3.83 Å². The molecule has 0 atom stereocenters. The summed E-state index contributed by atoms with van der Waals surface area (Å²) in [6.45, 7) is 0. The topological polar surface area (TPSA) is 45.8 Å². The summed E-state index contributed by atoms with van der Waals surface area (Å²) in [5.74, 6) is 0. The summed E-state index contributed by atoms with van der Waals surface area (Å²) in [6, 6.07) is 5.02. The van der Waals surface area contributed by atoms with Crippen molar-refractivity contribution in [3.63, 3.8) is 0 Å². The van der Waals surface area contributed by atoms with Crippen LogP contribution in [-0.2, 0) is 0 Å². The van der Waals surface area contributed by atoms with Crippen molar-refractivity contribution in [1.29, 1.82) is 0 Å². The van der Waals surface area contributed by atoms with E-state index in [1.807, 2.05) is 22.6 Å². The van der Waals surface area contributed by atoms with Crippen LogP contribution in [0.5, 0.6) is 0 Å². The highest BCUT2D eigenvalue weighted by Crippen LogP contribution is 2.14. The van der Waals surface area contributed by atoms with Crippen LogP contribution in [0.1, 0.15) is 0 Å². The zero-order valence-corrected chi connectivity index (χ0v) is 9.26. The van der Waals surface area contributed by atoms with Gasteiger partial charge in [0.1, 0.15) is 0 Å². The number of H-pyrrole nitrogens is 1. The highest BCUT2D eigenvalue weighted by Gasteiger charge is 2.01. The molecule has 13 heavy (non-hydrogen) atoms. The van der Waals surface area contributed by atoms with Gasteiger partial charge in [-0.1, -0.05) is 11.6 Å². The van der Waals surface area contributed by atoms with E-state index in [4.69, 9.17) is 11.6 Å². The van der Waals surface area contributed by atoms with E-state index < -0.39 is 0 Å². The Labute approximate surface area is 92.3 Å². The minimum atomic E-state index is -0.133. The van der Waals surface area contributed by atoms with Gasteiger partial charge in [0.05, 0.1) is 10.9 Å². The minimum absolute atomic E-state index is 0.133. The molecule has 1 aromatic carbocycles. The van der Waals surface area contributed by atoms with E-state index in [-0.39, 0.29) is 5.56 Å². The molecular formula is C8H4ClIN2O. The molecule has 1 aromatic heterocycles. The second kappa shape index (κ2) is 3.26. The van der Waals surface area contributed by atoms with Gasteiger partial charge in [-0.05, 0) is 40.8 Å². The number of nitrogens with zero attached hydrogens (tertiary/aromatic N) is 1. The Balaban J connectivity index is 2.95. The number of hydrogen-bond acceptors (Lipinski definition) is 2. The SMILES string of the molecule is O=c1[nH]c(I)nc2cc(Cl)ccc12. The van der Waals surface area contributed by atoms with Gasteiger partial charge in [-0.25, -0.2) is 4.98 Å². The molecule has 2 aromatic rings. The predicted molar refractivity (Wildman–Crippen MR) is 60.1 cm³/mol. The Morgan fingerprint density at radius 2 is 2.23 bits per heavy atom. The van der Waals surface area contributed by atoms with Crippen molar-refractivity contribution in [3.05, 3.63) is 37.4 Å². The second-order valence-corrected chi connectivity index (χ2v) is 3.98. The smallest absolute Gasteiger partial charge is 0.259 e. The third-order valence-corrected chi connectivity index (χ3v) is 2.39. The highest BCUT2D eigenvalue weighted by atomic mass is 127. The third-order valence-electron chi connectivity index (χ3n) is 1.64. The van der Waals surface area contributed by atoms with E-state index in [9.17, 15) is 4.79 Å². The molecular weight excluding hydrogens is 302 g/mol. The van der Waals surface area contributed by atoms with Crippen molar-refractivity contribution in [2.24, 2.45) is 0 Å². The van der Waals surface area contributed by atoms with Crippen LogP contribution in [-0.4, -0.2) is 9.97 Å². The standard InChI is InChI=1S/C8H4ClIN2O/c9-4-1-2-5-6(3-4)11-8(10)12-7(5)13/h1-3H,(H,11,12,13). The van der Waals surface area contributed by atoms with Gasteiger partial charge in [0.25, 0.3) is 5.56 Å². The van der Waals surface area contributed by atoms with Crippen LogP contribution in [0.3, 0.4) is 0 Å². The van der Waals surface area contributed by atoms with E-state index in [0.29, 0.717) is 19.8 Å². The van der Waals surface area contributed by atoms with E-state index in [1.54, 1.807) is 18.2 Å². The average molecular weight is 306 g/mol. The van der Waals surface area contributed by atoms with Crippen molar-refractivity contribution in [2.45, 2.75) is 0 Å². The van der Waals surface area contributed by atoms with Gasteiger partial charge in [-0.15, -0.1) is 0 Å². The fourth-order valence-corrected chi connectivity index (χ4v) is 1.76. The summed E-state index contributed by atoms with van der Waals surface area (Å²) < 4.78 is 0.567. The molecule has 5 heteroatoms. The Morgan fingerprint density at radius 1 is 1.46 bits per heavy atom. The first-order valence-electron chi connectivity index (χ1n) is 3.52. The molecule has 0 unspecified atom stereocenters. The number of rotatable bonds is 0. The number of nitrogens with one attached hydrogen (secondary N) is 1. The molecule has 1 heterocycles. The Hall–Kier alpha value is -0.620. The molecule has 0 aliphatic rings. The van der Waals surface area contributed by atoms with Crippen molar-refractivity contribution in [3.8, 4) is 0 Å². The molecule has 0 radical (unpaired) electrons. The quantitative estimate of drug-likeness (QED) is 0.599. The van der Waals surface area contributed by atoms with Crippen molar-refractivity contribution < 1.29 is 0 Å². The van der Waals surface area contributed by atoms with E-state index in [2.05, 4.69) is 9.97 Å². The van der Waals surface area contributed by atoms with Crippen molar-refractivity contribution >= 4 is 45.1 Å². The summed E-state index contributed by atoms with van der Waals surface area (Å²) in [5.41, 5.74) is 0.492. The van der Waals surface area contributed by atoms with Gasteiger partial charge in [0.15, 0.2) is 3.83 Å². The first kappa shape index (κ1) is 8.96. The lowest BCUT2D eigenvalue weighted by atomic mass is 10.2. The molecule has 0 fully saturated rings. The van der Waals surface area contributed by atoms with Crippen LogP contribution in [0.4, 0.5) is 0 Å². The lowest BCUT2D eigenvalue weighted by molar-refractivity contribution is 1.11. The third kappa shape index (κ3) is 1.68. The van der Waals surface area contributed by atoms with E-state index >= 15 is 0 Å². The number of benzene rings is 1. The first-order chi connectivity index (χ1) is 6.16. The summed E-state index contributed by atoms with van der Waals surface area (Å²) in [7, 11) is 0. The highest BCUT2D eigenvalue weighted by molar-refractivity contribution is 14.1. The molecule has 0 aliphatic heterocycles. The maximum absolute atomic E-state index is 11.4. The molecule has 0 aliphatic carbocycles. The zero-order chi connectivity index (χ0) is 9.42. The number of aromatic amines is 1. The molecule has 66 valence electrons. The lowest BCUT2D eigenvalue weighted by Crippen LogP contribution is -2.09. The lowest BCUT2D eigenvalue weighted by Gasteiger charge is -1.97. The predicted octanol–water partition coefficient (Wildman–Crippen LogP) is 2.18. The van der Waals surface area contributed by atoms with Gasteiger partial charge in [-0.3, -0.25) is 4.79 Å². The summed E-state index contributed by atoms with van der Waals surface area (Å²) in [6.07, 6.45) is 0. The fraction of sp³-hybridized carbons (Fsp3) is 0. The molecule has 1 N–H and O–H groups in total. The number of hydrogen-bond donors (Lipinski definition) is 1. The van der Waals surface area contributed by atoms with Gasteiger partial charge in [-0.2, -0.15) is 0 Å².